The standard InChI is InChI=1S/C27H33N3O5/c1-19(2)25(32)29-15-13-27(14-16-29)30(26(33)21-9-11-22(34-3)12-10-21)23(18-35-27)24(31)28-17-20-7-5-4-6-8-20/h4-12,19,23H,13-18H2,1-3H3,(H,28,31). The molecule has 2 aromatic rings. The Morgan fingerprint density at radius 3 is 2.31 bits per heavy atom. The molecular formula is C27H33N3O5. The van der Waals surface area contributed by atoms with Gasteiger partial charge in [-0.05, 0) is 29.8 Å². The van der Waals surface area contributed by atoms with Crippen LogP contribution in [0.5, 0.6) is 5.75 Å². The first kappa shape index (κ1) is 24.7. The summed E-state index contributed by atoms with van der Waals surface area (Å²) < 4.78 is 11.5. The Morgan fingerprint density at radius 1 is 1.06 bits per heavy atom. The maximum absolute atomic E-state index is 13.8. The van der Waals surface area contributed by atoms with Gasteiger partial charge >= 0.3 is 0 Å². The van der Waals surface area contributed by atoms with Crippen LogP contribution in [0.1, 0.15) is 42.6 Å². The number of amides is 3. The van der Waals surface area contributed by atoms with Crippen LogP contribution in [0, 0.1) is 5.92 Å². The highest BCUT2D eigenvalue weighted by Crippen LogP contribution is 2.39. The Bertz CT molecular complexity index is 1050. The molecule has 8 nitrogen and oxygen atoms in total. The largest absolute Gasteiger partial charge is 0.497 e. The summed E-state index contributed by atoms with van der Waals surface area (Å²) in [6.07, 6.45) is 0.908. The van der Waals surface area contributed by atoms with E-state index in [4.69, 9.17) is 9.47 Å². The second kappa shape index (κ2) is 10.5. The van der Waals surface area contributed by atoms with E-state index in [0.717, 1.165) is 5.56 Å². The predicted molar refractivity (Wildman–Crippen MR) is 131 cm³/mol. The van der Waals surface area contributed by atoms with Gasteiger partial charge in [0.1, 0.15) is 17.5 Å². The molecule has 0 aliphatic carbocycles. The maximum Gasteiger partial charge on any atom is 0.256 e. The van der Waals surface area contributed by atoms with E-state index in [2.05, 4.69) is 5.32 Å². The minimum absolute atomic E-state index is 0.0861. The van der Waals surface area contributed by atoms with Gasteiger partial charge in [-0.15, -0.1) is 0 Å². The number of benzene rings is 2. The molecule has 1 atom stereocenters. The van der Waals surface area contributed by atoms with Gasteiger partial charge in [-0.1, -0.05) is 44.2 Å². The van der Waals surface area contributed by atoms with Crippen LogP contribution in [0.4, 0.5) is 0 Å². The van der Waals surface area contributed by atoms with Crippen molar-refractivity contribution in [3.63, 3.8) is 0 Å². The summed E-state index contributed by atoms with van der Waals surface area (Å²) in [6, 6.07) is 15.7. The number of likely N-dealkylation sites (tertiary alicyclic amines) is 1. The van der Waals surface area contributed by atoms with Gasteiger partial charge in [0.2, 0.25) is 11.8 Å². The van der Waals surface area contributed by atoms with Crippen LogP contribution in [0.25, 0.3) is 0 Å². The third-order valence-corrected chi connectivity index (χ3v) is 6.78. The molecule has 0 bridgehead atoms. The molecule has 0 saturated carbocycles. The average molecular weight is 480 g/mol. The zero-order valence-corrected chi connectivity index (χ0v) is 20.5. The smallest absolute Gasteiger partial charge is 0.256 e. The van der Waals surface area contributed by atoms with E-state index in [0.29, 0.717) is 43.8 Å². The fourth-order valence-electron chi connectivity index (χ4n) is 4.78. The van der Waals surface area contributed by atoms with Gasteiger partial charge in [-0.3, -0.25) is 19.3 Å². The van der Waals surface area contributed by atoms with Crippen molar-refractivity contribution in [2.75, 3.05) is 26.8 Å². The number of nitrogens with one attached hydrogen (secondary N) is 1. The quantitative estimate of drug-likeness (QED) is 0.689. The zero-order valence-electron chi connectivity index (χ0n) is 20.5. The molecule has 2 aromatic carbocycles. The number of piperidine rings is 1. The van der Waals surface area contributed by atoms with Crippen LogP contribution in [0.15, 0.2) is 54.6 Å². The van der Waals surface area contributed by atoms with Gasteiger partial charge in [0.15, 0.2) is 0 Å². The molecule has 8 heteroatoms. The van der Waals surface area contributed by atoms with E-state index in [9.17, 15) is 14.4 Å². The van der Waals surface area contributed by atoms with E-state index in [1.165, 1.54) is 0 Å². The number of methoxy groups -OCH3 is 1. The third kappa shape index (κ3) is 5.17. The van der Waals surface area contributed by atoms with Gasteiger partial charge in [-0.25, -0.2) is 0 Å². The molecule has 2 heterocycles. The Hall–Kier alpha value is -3.39. The number of rotatable bonds is 6. The molecule has 0 radical (unpaired) electrons. The van der Waals surface area contributed by atoms with Crippen LogP contribution in [-0.2, 0) is 20.9 Å². The molecule has 4 rings (SSSR count). The normalized spacial score (nSPS) is 19.1. The highest BCUT2D eigenvalue weighted by molar-refractivity contribution is 5.98. The molecule has 1 unspecified atom stereocenters. The molecule has 3 amide bonds. The molecule has 35 heavy (non-hydrogen) atoms. The highest BCUT2D eigenvalue weighted by Gasteiger charge is 2.54. The fourth-order valence-corrected chi connectivity index (χ4v) is 4.78. The van der Waals surface area contributed by atoms with Gasteiger partial charge in [0.05, 0.1) is 13.7 Å². The van der Waals surface area contributed by atoms with Crippen molar-refractivity contribution in [2.45, 2.75) is 45.0 Å². The molecule has 1 spiro atoms. The fraction of sp³-hybridized carbons (Fsp3) is 0.444. The van der Waals surface area contributed by atoms with Crippen LogP contribution in [-0.4, -0.2) is 66.1 Å². The lowest BCUT2D eigenvalue weighted by Crippen LogP contribution is -2.60. The Kier molecular flexibility index (Phi) is 7.40. The first-order chi connectivity index (χ1) is 16.8. The molecule has 2 saturated heterocycles. The average Bonchev–Trinajstić information content (AvgIpc) is 3.26. The van der Waals surface area contributed by atoms with Gasteiger partial charge < -0.3 is 19.7 Å². The van der Waals surface area contributed by atoms with E-state index in [1.807, 2.05) is 49.1 Å². The van der Waals surface area contributed by atoms with Crippen LogP contribution in [0.2, 0.25) is 0 Å². The van der Waals surface area contributed by atoms with Crippen molar-refractivity contribution in [3.05, 3.63) is 65.7 Å². The molecule has 1 N–H and O–H groups in total. The SMILES string of the molecule is COc1ccc(C(=O)N2C(C(=O)NCc3ccccc3)COC23CCN(C(=O)C(C)C)CC3)cc1. The maximum atomic E-state index is 13.8. The van der Waals surface area contributed by atoms with Gasteiger partial charge in [0.25, 0.3) is 5.91 Å². The molecule has 2 aliphatic heterocycles. The van der Waals surface area contributed by atoms with E-state index >= 15 is 0 Å². The van der Waals surface area contributed by atoms with Crippen LogP contribution < -0.4 is 10.1 Å². The molecule has 0 aromatic heterocycles. The number of carbonyl (C=O) groups is 3. The van der Waals surface area contributed by atoms with Crippen molar-refractivity contribution < 1.29 is 23.9 Å². The van der Waals surface area contributed by atoms with Crippen molar-refractivity contribution >= 4 is 17.7 Å². The monoisotopic (exact) mass is 479 g/mol. The van der Waals surface area contributed by atoms with E-state index in [-0.39, 0.29) is 30.2 Å². The number of hydrogen-bond donors (Lipinski definition) is 1. The van der Waals surface area contributed by atoms with Crippen molar-refractivity contribution in [1.29, 1.82) is 0 Å². The highest BCUT2D eigenvalue weighted by atomic mass is 16.5. The lowest BCUT2D eigenvalue weighted by atomic mass is 9.95. The summed E-state index contributed by atoms with van der Waals surface area (Å²) in [5, 5.41) is 2.96. The summed E-state index contributed by atoms with van der Waals surface area (Å²) in [5.74, 6) is 0.110. The molecule has 2 aliphatic rings. The van der Waals surface area contributed by atoms with Crippen molar-refractivity contribution in [2.24, 2.45) is 5.92 Å². The third-order valence-electron chi connectivity index (χ3n) is 6.78. The number of hydrogen-bond acceptors (Lipinski definition) is 5. The number of ether oxygens (including phenoxy) is 2. The van der Waals surface area contributed by atoms with Crippen LogP contribution >= 0.6 is 0 Å². The minimum atomic E-state index is -0.931. The second-order valence-corrected chi connectivity index (χ2v) is 9.36. The number of nitrogens with zero attached hydrogens (tertiary/aromatic N) is 2. The first-order valence-corrected chi connectivity index (χ1v) is 12.1. The zero-order chi connectivity index (χ0) is 25.0. The van der Waals surface area contributed by atoms with Crippen molar-refractivity contribution in [3.8, 4) is 5.75 Å². The summed E-state index contributed by atoms with van der Waals surface area (Å²) in [7, 11) is 1.57. The lowest BCUT2D eigenvalue weighted by Gasteiger charge is -2.44. The first-order valence-electron chi connectivity index (χ1n) is 12.1. The van der Waals surface area contributed by atoms with E-state index in [1.54, 1.807) is 36.3 Å². The topological polar surface area (TPSA) is 88.2 Å². The molecular weight excluding hydrogens is 446 g/mol. The summed E-state index contributed by atoms with van der Waals surface area (Å²) in [5.41, 5.74) is 0.500. The van der Waals surface area contributed by atoms with Crippen molar-refractivity contribution in [1.82, 2.24) is 15.1 Å². The summed E-state index contributed by atoms with van der Waals surface area (Å²) >= 11 is 0. The Labute approximate surface area is 206 Å². The van der Waals surface area contributed by atoms with Crippen LogP contribution in [0.3, 0.4) is 0 Å². The Morgan fingerprint density at radius 2 is 1.71 bits per heavy atom. The summed E-state index contributed by atoms with van der Waals surface area (Å²) in [4.78, 5) is 43.0. The minimum Gasteiger partial charge on any atom is -0.497 e. The Balaban J connectivity index is 1.57. The van der Waals surface area contributed by atoms with Gasteiger partial charge in [0, 0.05) is 44.0 Å². The molecule has 186 valence electrons. The number of carbonyl (C=O) groups excluding carboxylic acids is 3. The predicted octanol–water partition coefficient (Wildman–Crippen LogP) is 2.83. The van der Waals surface area contributed by atoms with Gasteiger partial charge in [-0.2, -0.15) is 0 Å². The second-order valence-electron chi connectivity index (χ2n) is 9.36. The molecule has 2 fully saturated rings. The lowest BCUT2D eigenvalue weighted by molar-refractivity contribution is -0.146. The van der Waals surface area contributed by atoms with E-state index < -0.39 is 11.8 Å². The summed E-state index contributed by atoms with van der Waals surface area (Å²) in [6.45, 7) is 5.19.